The summed E-state index contributed by atoms with van der Waals surface area (Å²) in [7, 11) is 0. The van der Waals surface area contributed by atoms with Gasteiger partial charge in [-0.2, -0.15) is 5.26 Å². The lowest BCUT2D eigenvalue weighted by molar-refractivity contribution is 0.0913. The van der Waals surface area contributed by atoms with E-state index < -0.39 is 0 Å². The number of carbonyl (C=O) groups excluding carboxylic acids is 1. The van der Waals surface area contributed by atoms with Crippen LogP contribution < -0.4 is 10.6 Å². The number of anilines is 2. The number of nitriles is 1. The second-order valence-corrected chi connectivity index (χ2v) is 5.82. The van der Waals surface area contributed by atoms with E-state index in [1.54, 1.807) is 36.4 Å². The fourth-order valence-electron chi connectivity index (χ4n) is 1.70. The Morgan fingerprint density at radius 1 is 1.09 bits per heavy atom. The highest BCUT2D eigenvalue weighted by Crippen LogP contribution is 2.14. The Bertz CT molecular complexity index is 693. The molecule has 0 saturated carbocycles. The molecule has 2 rings (SSSR count). The van der Waals surface area contributed by atoms with Gasteiger partial charge in [0.15, 0.2) is 11.5 Å². The van der Waals surface area contributed by atoms with E-state index in [0.717, 1.165) is 5.69 Å². The van der Waals surface area contributed by atoms with Gasteiger partial charge in [-0.05, 0) is 57.2 Å². The first-order chi connectivity index (χ1) is 10.4. The summed E-state index contributed by atoms with van der Waals surface area (Å²) in [4.78, 5) is 11.9. The first-order valence-electron chi connectivity index (χ1n) is 6.81. The monoisotopic (exact) mass is 295 g/mol. The van der Waals surface area contributed by atoms with Gasteiger partial charge < -0.3 is 10.6 Å². The predicted octanol–water partition coefficient (Wildman–Crippen LogP) is 2.62. The molecule has 0 spiro atoms. The molecule has 6 nitrogen and oxygen atoms in total. The Kier molecular flexibility index (Phi) is 4.37. The summed E-state index contributed by atoms with van der Waals surface area (Å²) in [5.41, 5.74) is 1.32. The van der Waals surface area contributed by atoms with E-state index in [4.69, 9.17) is 5.26 Å². The average Bonchev–Trinajstić information content (AvgIpc) is 2.47. The predicted molar refractivity (Wildman–Crippen MR) is 83.7 cm³/mol. The van der Waals surface area contributed by atoms with Crippen molar-refractivity contribution in [3.8, 4) is 6.07 Å². The number of carbonyl (C=O) groups is 1. The highest BCUT2D eigenvalue weighted by Gasteiger charge is 2.16. The Morgan fingerprint density at radius 2 is 1.77 bits per heavy atom. The fraction of sp³-hybridized carbons (Fsp3) is 0.250. The summed E-state index contributed by atoms with van der Waals surface area (Å²) < 4.78 is 0. The molecule has 1 amide bonds. The Balaban J connectivity index is 2.05. The summed E-state index contributed by atoms with van der Waals surface area (Å²) in [6, 6.07) is 12.3. The van der Waals surface area contributed by atoms with Crippen LogP contribution in [0, 0.1) is 11.3 Å². The summed E-state index contributed by atoms with van der Waals surface area (Å²) in [6.45, 7) is 5.71. The Hall–Kier alpha value is -2.94. The van der Waals surface area contributed by atoms with Crippen LogP contribution in [0.25, 0.3) is 0 Å². The van der Waals surface area contributed by atoms with E-state index in [-0.39, 0.29) is 17.1 Å². The third kappa shape index (κ3) is 4.28. The van der Waals surface area contributed by atoms with Gasteiger partial charge in [0.1, 0.15) is 0 Å². The number of hydrogen-bond acceptors (Lipinski definition) is 5. The number of hydrogen-bond donors (Lipinski definition) is 2. The summed E-state index contributed by atoms with van der Waals surface area (Å²) >= 11 is 0. The van der Waals surface area contributed by atoms with Crippen molar-refractivity contribution in [2.45, 2.75) is 26.3 Å². The number of benzene rings is 1. The van der Waals surface area contributed by atoms with Crippen LogP contribution in [0.1, 0.15) is 36.8 Å². The largest absolute Gasteiger partial charge is 0.346 e. The molecule has 2 aromatic rings. The van der Waals surface area contributed by atoms with Crippen LogP contribution in [-0.2, 0) is 0 Å². The van der Waals surface area contributed by atoms with Crippen molar-refractivity contribution >= 4 is 17.4 Å². The van der Waals surface area contributed by atoms with Gasteiger partial charge in [-0.25, -0.2) is 0 Å². The van der Waals surface area contributed by atoms with E-state index in [1.165, 1.54) is 0 Å². The van der Waals surface area contributed by atoms with Crippen molar-refractivity contribution in [1.29, 1.82) is 5.26 Å². The Labute approximate surface area is 129 Å². The van der Waals surface area contributed by atoms with Crippen LogP contribution in [0.4, 0.5) is 11.5 Å². The molecule has 0 aliphatic heterocycles. The molecule has 0 fully saturated rings. The van der Waals surface area contributed by atoms with Gasteiger partial charge in [0.05, 0.1) is 11.6 Å². The molecule has 2 N–H and O–H groups in total. The normalized spacial score (nSPS) is 10.6. The van der Waals surface area contributed by atoms with Crippen LogP contribution >= 0.6 is 0 Å². The fourth-order valence-corrected chi connectivity index (χ4v) is 1.70. The second kappa shape index (κ2) is 6.22. The van der Waals surface area contributed by atoms with Crippen molar-refractivity contribution in [2.75, 3.05) is 5.32 Å². The van der Waals surface area contributed by atoms with Gasteiger partial charge in [0.2, 0.25) is 0 Å². The van der Waals surface area contributed by atoms with Crippen molar-refractivity contribution in [2.24, 2.45) is 0 Å². The molecule has 1 aromatic heterocycles. The minimum Gasteiger partial charge on any atom is -0.346 e. The topological polar surface area (TPSA) is 90.7 Å². The smallest absolute Gasteiger partial charge is 0.272 e. The van der Waals surface area contributed by atoms with Gasteiger partial charge in [0, 0.05) is 11.2 Å². The van der Waals surface area contributed by atoms with E-state index in [0.29, 0.717) is 11.4 Å². The van der Waals surface area contributed by atoms with Crippen molar-refractivity contribution in [3.63, 3.8) is 0 Å². The maximum absolute atomic E-state index is 11.9. The standard InChI is InChI=1S/C16H17N5O/c1-16(2,3)19-15(22)13-8-9-14(21-20-13)18-12-6-4-11(10-17)5-7-12/h4-9H,1-3H3,(H,18,21)(H,19,22). The second-order valence-electron chi connectivity index (χ2n) is 5.82. The number of nitrogens with one attached hydrogen (secondary N) is 2. The SMILES string of the molecule is CC(C)(C)NC(=O)c1ccc(Nc2ccc(C#N)cc2)nn1. The van der Waals surface area contributed by atoms with Gasteiger partial charge in [-0.1, -0.05) is 0 Å². The summed E-state index contributed by atoms with van der Waals surface area (Å²) in [5, 5.41) is 22.5. The van der Waals surface area contributed by atoms with Gasteiger partial charge >= 0.3 is 0 Å². The zero-order valence-corrected chi connectivity index (χ0v) is 12.7. The third-order valence-corrected chi connectivity index (χ3v) is 2.67. The molecule has 0 saturated heterocycles. The average molecular weight is 295 g/mol. The van der Waals surface area contributed by atoms with Crippen LogP contribution in [0.5, 0.6) is 0 Å². The number of amides is 1. The van der Waals surface area contributed by atoms with E-state index in [9.17, 15) is 4.79 Å². The minimum absolute atomic E-state index is 0.259. The van der Waals surface area contributed by atoms with Crippen molar-refractivity contribution < 1.29 is 4.79 Å². The third-order valence-electron chi connectivity index (χ3n) is 2.67. The molecule has 0 atom stereocenters. The maximum Gasteiger partial charge on any atom is 0.272 e. The molecule has 6 heteroatoms. The lowest BCUT2D eigenvalue weighted by Gasteiger charge is -2.19. The van der Waals surface area contributed by atoms with E-state index >= 15 is 0 Å². The van der Waals surface area contributed by atoms with Gasteiger partial charge in [0.25, 0.3) is 5.91 Å². The number of aromatic nitrogens is 2. The van der Waals surface area contributed by atoms with E-state index in [2.05, 4.69) is 26.9 Å². The van der Waals surface area contributed by atoms with Gasteiger partial charge in [-0.3, -0.25) is 4.79 Å². The van der Waals surface area contributed by atoms with Crippen molar-refractivity contribution in [1.82, 2.24) is 15.5 Å². The molecule has 0 aliphatic rings. The van der Waals surface area contributed by atoms with Gasteiger partial charge in [-0.15, -0.1) is 10.2 Å². The van der Waals surface area contributed by atoms with Crippen LogP contribution in [0.3, 0.4) is 0 Å². The Morgan fingerprint density at radius 3 is 2.27 bits per heavy atom. The minimum atomic E-state index is -0.321. The summed E-state index contributed by atoms with van der Waals surface area (Å²) in [6.07, 6.45) is 0. The lowest BCUT2D eigenvalue weighted by Crippen LogP contribution is -2.41. The summed E-state index contributed by atoms with van der Waals surface area (Å²) in [5.74, 6) is 0.266. The molecule has 1 heterocycles. The molecule has 0 radical (unpaired) electrons. The highest BCUT2D eigenvalue weighted by molar-refractivity contribution is 5.92. The molecule has 22 heavy (non-hydrogen) atoms. The quantitative estimate of drug-likeness (QED) is 0.908. The van der Waals surface area contributed by atoms with Crippen LogP contribution in [-0.4, -0.2) is 21.6 Å². The van der Waals surface area contributed by atoms with Crippen LogP contribution in [0.2, 0.25) is 0 Å². The number of nitrogens with zero attached hydrogens (tertiary/aromatic N) is 3. The van der Waals surface area contributed by atoms with Crippen molar-refractivity contribution in [3.05, 3.63) is 47.7 Å². The molecule has 0 aliphatic carbocycles. The van der Waals surface area contributed by atoms with E-state index in [1.807, 2.05) is 20.8 Å². The number of rotatable bonds is 3. The maximum atomic E-state index is 11.9. The zero-order chi connectivity index (χ0) is 16.2. The zero-order valence-electron chi connectivity index (χ0n) is 12.7. The lowest BCUT2D eigenvalue weighted by atomic mass is 10.1. The first kappa shape index (κ1) is 15.4. The molecule has 1 aromatic carbocycles. The highest BCUT2D eigenvalue weighted by atomic mass is 16.2. The molecular weight excluding hydrogens is 278 g/mol. The molecule has 0 unspecified atom stereocenters. The molecule has 112 valence electrons. The van der Waals surface area contributed by atoms with Crippen LogP contribution in [0.15, 0.2) is 36.4 Å². The molecule has 0 bridgehead atoms. The molecular formula is C16H17N5O. The first-order valence-corrected chi connectivity index (χ1v) is 6.81.